The SMILES string of the molecule is COC(=O)CCN(C)C(=O)C=Cc1cc(C)ccc1OC. The number of carbonyl (C=O) groups is 2. The average Bonchev–Trinajstić information content (AvgIpc) is 2.49. The summed E-state index contributed by atoms with van der Waals surface area (Å²) in [6.07, 6.45) is 3.36. The minimum atomic E-state index is -0.334. The Balaban J connectivity index is 2.69. The largest absolute Gasteiger partial charge is 0.496 e. The molecule has 0 fully saturated rings. The van der Waals surface area contributed by atoms with Gasteiger partial charge in [-0.05, 0) is 25.1 Å². The topological polar surface area (TPSA) is 55.8 Å². The van der Waals surface area contributed by atoms with Gasteiger partial charge in [0.15, 0.2) is 0 Å². The standard InChI is InChI=1S/C16H21NO4/c1-12-5-7-14(20-3)13(11-12)6-8-15(18)17(2)10-9-16(19)21-4/h5-8,11H,9-10H2,1-4H3. The number of nitrogens with zero attached hydrogens (tertiary/aromatic N) is 1. The second-order valence-corrected chi connectivity index (χ2v) is 4.66. The zero-order valence-corrected chi connectivity index (χ0v) is 12.9. The number of hydrogen-bond acceptors (Lipinski definition) is 4. The summed E-state index contributed by atoms with van der Waals surface area (Å²) < 4.78 is 9.79. The molecular formula is C16H21NO4. The minimum Gasteiger partial charge on any atom is -0.496 e. The predicted molar refractivity (Wildman–Crippen MR) is 81.0 cm³/mol. The Hall–Kier alpha value is -2.30. The van der Waals surface area contributed by atoms with Crippen LogP contribution < -0.4 is 4.74 Å². The molecule has 1 aromatic rings. The Kier molecular flexibility index (Phi) is 6.46. The summed E-state index contributed by atoms with van der Waals surface area (Å²) in [6.45, 7) is 2.29. The number of hydrogen-bond donors (Lipinski definition) is 0. The van der Waals surface area contributed by atoms with E-state index in [0.717, 1.165) is 11.1 Å². The van der Waals surface area contributed by atoms with Gasteiger partial charge in [-0.2, -0.15) is 0 Å². The van der Waals surface area contributed by atoms with Crippen molar-refractivity contribution in [3.63, 3.8) is 0 Å². The van der Waals surface area contributed by atoms with Crippen molar-refractivity contribution in [1.82, 2.24) is 4.90 Å². The number of amides is 1. The van der Waals surface area contributed by atoms with Crippen molar-refractivity contribution in [2.24, 2.45) is 0 Å². The Morgan fingerprint density at radius 3 is 2.62 bits per heavy atom. The van der Waals surface area contributed by atoms with Gasteiger partial charge in [0.1, 0.15) is 5.75 Å². The van der Waals surface area contributed by atoms with E-state index in [4.69, 9.17) is 4.74 Å². The van der Waals surface area contributed by atoms with Crippen molar-refractivity contribution >= 4 is 18.0 Å². The molecule has 114 valence electrons. The maximum atomic E-state index is 11.9. The van der Waals surface area contributed by atoms with Gasteiger partial charge in [0, 0.05) is 25.2 Å². The summed E-state index contributed by atoms with van der Waals surface area (Å²) in [6, 6.07) is 5.75. The first kappa shape index (κ1) is 16.8. The molecule has 0 atom stereocenters. The molecule has 0 saturated heterocycles. The van der Waals surface area contributed by atoms with Crippen LogP contribution in [0.2, 0.25) is 0 Å². The Bertz CT molecular complexity index is 537. The lowest BCUT2D eigenvalue weighted by Crippen LogP contribution is -2.27. The van der Waals surface area contributed by atoms with Crippen LogP contribution in [0.5, 0.6) is 5.75 Å². The molecule has 0 unspecified atom stereocenters. The van der Waals surface area contributed by atoms with Gasteiger partial charge < -0.3 is 14.4 Å². The number of benzene rings is 1. The molecule has 0 heterocycles. The number of rotatable bonds is 6. The van der Waals surface area contributed by atoms with Crippen molar-refractivity contribution in [2.75, 3.05) is 27.8 Å². The molecule has 0 aliphatic rings. The molecule has 0 saturated carbocycles. The van der Waals surface area contributed by atoms with Gasteiger partial charge in [-0.15, -0.1) is 0 Å². The van der Waals surface area contributed by atoms with Crippen LogP contribution in [0.15, 0.2) is 24.3 Å². The fourth-order valence-corrected chi connectivity index (χ4v) is 1.74. The van der Waals surface area contributed by atoms with E-state index in [0.29, 0.717) is 12.3 Å². The first-order valence-electron chi connectivity index (χ1n) is 6.62. The van der Waals surface area contributed by atoms with Crippen LogP contribution in [0, 0.1) is 6.92 Å². The number of esters is 1. The van der Waals surface area contributed by atoms with Crippen LogP contribution in [0.1, 0.15) is 17.5 Å². The molecule has 1 aromatic carbocycles. The van der Waals surface area contributed by atoms with E-state index in [1.165, 1.54) is 18.1 Å². The van der Waals surface area contributed by atoms with E-state index in [-0.39, 0.29) is 18.3 Å². The fourth-order valence-electron chi connectivity index (χ4n) is 1.74. The van der Waals surface area contributed by atoms with E-state index in [1.54, 1.807) is 20.2 Å². The maximum absolute atomic E-state index is 11.9. The lowest BCUT2D eigenvalue weighted by molar-refractivity contribution is -0.141. The number of ether oxygens (including phenoxy) is 2. The third kappa shape index (κ3) is 5.30. The van der Waals surface area contributed by atoms with E-state index in [1.807, 2.05) is 25.1 Å². The second-order valence-electron chi connectivity index (χ2n) is 4.66. The normalized spacial score (nSPS) is 10.5. The van der Waals surface area contributed by atoms with Crippen LogP contribution >= 0.6 is 0 Å². The summed E-state index contributed by atoms with van der Waals surface area (Å²) >= 11 is 0. The number of aryl methyl sites for hydroxylation is 1. The van der Waals surface area contributed by atoms with Gasteiger partial charge in [-0.1, -0.05) is 11.6 Å². The summed E-state index contributed by atoms with van der Waals surface area (Å²) in [4.78, 5) is 24.5. The number of methoxy groups -OCH3 is 2. The Morgan fingerprint density at radius 2 is 2.00 bits per heavy atom. The van der Waals surface area contributed by atoms with Gasteiger partial charge in [-0.3, -0.25) is 9.59 Å². The van der Waals surface area contributed by atoms with Crippen molar-refractivity contribution in [3.05, 3.63) is 35.4 Å². The molecule has 5 nitrogen and oxygen atoms in total. The van der Waals surface area contributed by atoms with E-state index >= 15 is 0 Å². The third-order valence-electron chi connectivity index (χ3n) is 3.05. The monoisotopic (exact) mass is 291 g/mol. The molecule has 0 spiro atoms. The van der Waals surface area contributed by atoms with Crippen LogP contribution in [0.3, 0.4) is 0 Å². The highest BCUT2D eigenvalue weighted by molar-refractivity contribution is 5.92. The molecule has 1 rings (SSSR count). The predicted octanol–water partition coefficient (Wildman–Crippen LogP) is 2.04. The van der Waals surface area contributed by atoms with Crippen molar-refractivity contribution in [3.8, 4) is 5.75 Å². The van der Waals surface area contributed by atoms with Gasteiger partial charge in [0.25, 0.3) is 0 Å². The number of likely N-dealkylation sites (N-methyl/N-ethyl adjacent to an activating group) is 1. The Labute approximate surface area is 125 Å². The van der Waals surface area contributed by atoms with Crippen molar-refractivity contribution in [1.29, 1.82) is 0 Å². The molecule has 0 radical (unpaired) electrons. The summed E-state index contributed by atoms with van der Waals surface area (Å²) in [5.74, 6) is 0.198. The first-order valence-corrected chi connectivity index (χ1v) is 6.62. The zero-order valence-electron chi connectivity index (χ0n) is 12.9. The van der Waals surface area contributed by atoms with Crippen LogP contribution in [-0.4, -0.2) is 44.6 Å². The summed E-state index contributed by atoms with van der Waals surface area (Å²) in [5, 5.41) is 0. The molecular weight excluding hydrogens is 270 g/mol. The summed E-state index contributed by atoms with van der Waals surface area (Å²) in [7, 11) is 4.56. The highest BCUT2D eigenvalue weighted by Crippen LogP contribution is 2.21. The molecule has 0 aliphatic heterocycles. The van der Waals surface area contributed by atoms with Crippen molar-refractivity contribution < 1.29 is 19.1 Å². The van der Waals surface area contributed by atoms with Crippen LogP contribution in [-0.2, 0) is 14.3 Å². The van der Waals surface area contributed by atoms with Gasteiger partial charge in [0.2, 0.25) is 5.91 Å². The molecule has 0 N–H and O–H groups in total. The van der Waals surface area contributed by atoms with Crippen LogP contribution in [0.4, 0.5) is 0 Å². The molecule has 5 heteroatoms. The molecule has 0 aliphatic carbocycles. The molecule has 21 heavy (non-hydrogen) atoms. The first-order chi connectivity index (χ1) is 9.97. The maximum Gasteiger partial charge on any atom is 0.307 e. The fraction of sp³-hybridized carbons (Fsp3) is 0.375. The van der Waals surface area contributed by atoms with Gasteiger partial charge in [0.05, 0.1) is 20.6 Å². The smallest absolute Gasteiger partial charge is 0.307 e. The summed E-state index contributed by atoms with van der Waals surface area (Å²) in [5.41, 5.74) is 1.93. The van der Waals surface area contributed by atoms with E-state index in [9.17, 15) is 9.59 Å². The third-order valence-corrected chi connectivity index (χ3v) is 3.05. The second kappa shape index (κ2) is 8.09. The average molecular weight is 291 g/mol. The zero-order chi connectivity index (χ0) is 15.8. The molecule has 1 amide bonds. The lowest BCUT2D eigenvalue weighted by Gasteiger charge is -2.14. The lowest BCUT2D eigenvalue weighted by atomic mass is 10.1. The number of carbonyl (C=O) groups excluding carboxylic acids is 2. The van der Waals surface area contributed by atoms with Crippen molar-refractivity contribution in [2.45, 2.75) is 13.3 Å². The minimum absolute atomic E-state index is 0.178. The van der Waals surface area contributed by atoms with Gasteiger partial charge >= 0.3 is 5.97 Å². The highest BCUT2D eigenvalue weighted by atomic mass is 16.5. The Morgan fingerprint density at radius 1 is 1.29 bits per heavy atom. The quantitative estimate of drug-likeness (QED) is 0.594. The van der Waals surface area contributed by atoms with Crippen LogP contribution in [0.25, 0.3) is 6.08 Å². The molecule has 0 bridgehead atoms. The molecule has 0 aromatic heterocycles. The van der Waals surface area contributed by atoms with E-state index in [2.05, 4.69) is 4.74 Å². The highest BCUT2D eigenvalue weighted by Gasteiger charge is 2.08. The van der Waals surface area contributed by atoms with E-state index < -0.39 is 0 Å². The van der Waals surface area contributed by atoms with Gasteiger partial charge in [-0.25, -0.2) is 0 Å².